The number of carbonyl (C=O) groups is 1. The number of hydrogen-bond acceptors (Lipinski definition) is 9. The summed E-state index contributed by atoms with van der Waals surface area (Å²) in [7, 11) is 1.81. The van der Waals surface area contributed by atoms with Gasteiger partial charge in [-0.15, -0.1) is 0 Å². The summed E-state index contributed by atoms with van der Waals surface area (Å²) in [5.74, 6) is 0.171. The first-order valence-electron chi connectivity index (χ1n) is 9.52. The fourth-order valence-corrected chi connectivity index (χ4v) is 3.70. The highest BCUT2D eigenvalue weighted by Crippen LogP contribution is 2.37. The molecule has 0 unspecified atom stereocenters. The number of ether oxygens (including phenoxy) is 1. The summed E-state index contributed by atoms with van der Waals surface area (Å²) in [6, 6.07) is 1.84. The van der Waals surface area contributed by atoms with Crippen molar-refractivity contribution < 1.29 is 14.6 Å². The first-order chi connectivity index (χ1) is 15.0. The molecule has 12 heteroatoms. The Kier molecular flexibility index (Phi) is 4.56. The summed E-state index contributed by atoms with van der Waals surface area (Å²) in [5.41, 5.74) is 7.99. The summed E-state index contributed by atoms with van der Waals surface area (Å²) in [6.07, 6.45) is 6.76. The third-order valence-corrected chi connectivity index (χ3v) is 5.10. The van der Waals surface area contributed by atoms with Gasteiger partial charge >= 0.3 is 0 Å². The monoisotopic (exact) mass is 421 g/mol. The Morgan fingerprint density at radius 2 is 2.19 bits per heavy atom. The molecule has 0 saturated carbocycles. The molecule has 158 valence electrons. The van der Waals surface area contributed by atoms with Gasteiger partial charge in [0.1, 0.15) is 30.0 Å². The second-order valence-corrected chi connectivity index (χ2v) is 7.18. The normalized spacial score (nSPS) is 20.9. The van der Waals surface area contributed by atoms with Gasteiger partial charge in [-0.1, -0.05) is 0 Å². The lowest BCUT2D eigenvalue weighted by molar-refractivity contribution is -0.129. The first kappa shape index (κ1) is 19.1. The molecule has 0 radical (unpaired) electrons. The zero-order valence-corrected chi connectivity index (χ0v) is 16.5. The number of nitrogen functional groups attached to an aromatic ring is 1. The van der Waals surface area contributed by atoms with Crippen LogP contribution in [0.5, 0.6) is 0 Å². The van der Waals surface area contributed by atoms with Gasteiger partial charge in [0.15, 0.2) is 12.0 Å². The van der Waals surface area contributed by atoms with Gasteiger partial charge < -0.3 is 25.5 Å². The number of aliphatic hydroxyl groups excluding tert-OH is 1. The lowest BCUT2D eigenvalue weighted by atomic mass is 10.2. The van der Waals surface area contributed by atoms with Crippen LogP contribution in [0.15, 0.2) is 43.4 Å². The molecule has 4 N–H and O–H groups in total. The fourth-order valence-electron chi connectivity index (χ4n) is 3.70. The van der Waals surface area contributed by atoms with Crippen LogP contribution in [0.1, 0.15) is 12.6 Å². The van der Waals surface area contributed by atoms with E-state index in [4.69, 9.17) is 10.5 Å². The number of carbonyl (C=O) groups excluding carboxylic acids is 1. The lowest BCUT2D eigenvalue weighted by Crippen LogP contribution is -2.28. The number of aliphatic hydroxyl groups is 1. The van der Waals surface area contributed by atoms with E-state index < -0.39 is 24.3 Å². The molecule has 1 aliphatic rings. The Bertz CT molecular complexity index is 1250. The van der Waals surface area contributed by atoms with Crippen molar-refractivity contribution in [2.45, 2.75) is 24.9 Å². The third-order valence-electron chi connectivity index (χ3n) is 5.10. The second-order valence-electron chi connectivity index (χ2n) is 7.18. The number of rotatable bonds is 4. The van der Waals surface area contributed by atoms with E-state index in [0.717, 1.165) is 0 Å². The molecule has 0 spiro atoms. The molecule has 0 aromatic carbocycles. The van der Waals surface area contributed by atoms with Gasteiger partial charge in [0.05, 0.1) is 17.3 Å². The molecule has 5 rings (SSSR count). The number of amides is 1. The van der Waals surface area contributed by atoms with E-state index in [1.54, 1.807) is 15.4 Å². The maximum atomic E-state index is 12.6. The topological polar surface area (TPSA) is 159 Å². The zero-order chi connectivity index (χ0) is 21.5. The van der Waals surface area contributed by atoms with E-state index in [1.165, 1.54) is 24.9 Å². The molecule has 1 saturated heterocycles. The van der Waals surface area contributed by atoms with Crippen molar-refractivity contribution in [2.75, 3.05) is 11.1 Å². The minimum absolute atomic E-state index is 0.107. The van der Waals surface area contributed by atoms with E-state index >= 15 is 0 Å². The molecule has 1 amide bonds. The van der Waals surface area contributed by atoms with E-state index in [9.17, 15) is 9.90 Å². The van der Waals surface area contributed by atoms with E-state index in [-0.39, 0.29) is 12.2 Å². The SMILES string of the molecule is Cn1ccc(-c2cn([C@@H]3O[C@H](C(=O)Nc4cnccn4)C[C@H]3O)c3ncnc(N)c23)n1. The number of hydrogen-bond donors (Lipinski definition) is 3. The van der Waals surface area contributed by atoms with E-state index in [2.05, 4.69) is 30.4 Å². The molecule has 0 aliphatic carbocycles. The molecule has 5 heterocycles. The molecule has 1 fully saturated rings. The van der Waals surface area contributed by atoms with E-state index in [0.29, 0.717) is 28.1 Å². The molecular weight excluding hydrogens is 402 g/mol. The standard InChI is InChI=1S/C19H19N9O3/c1-27-5-2-11(26-27)10-8-28(17-15(10)16(20)23-9-24-17)19-12(29)6-13(31-19)18(30)25-14-7-21-3-4-22-14/h2-5,7-9,12-13,19,29H,6H2,1H3,(H2,20,23,24)(H,22,25,30)/t12-,13+,19-/m1/s1. The highest BCUT2D eigenvalue weighted by atomic mass is 16.5. The molecule has 4 aromatic heterocycles. The largest absolute Gasteiger partial charge is 0.388 e. The predicted molar refractivity (Wildman–Crippen MR) is 109 cm³/mol. The van der Waals surface area contributed by atoms with Crippen molar-refractivity contribution >= 4 is 28.6 Å². The zero-order valence-electron chi connectivity index (χ0n) is 16.5. The van der Waals surface area contributed by atoms with Crippen LogP contribution in [-0.4, -0.2) is 57.5 Å². The quantitative estimate of drug-likeness (QED) is 0.426. The Morgan fingerprint density at radius 3 is 2.94 bits per heavy atom. The van der Waals surface area contributed by atoms with Crippen molar-refractivity contribution in [1.82, 2.24) is 34.3 Å². The minimum Gasteiger partial charge on any atom is -0.388 e. The maximum Gasteiger partial charge on any atom is 0.254 e. The third kappa shape index (κ3) is 3.37. The summed E-state index contributed by atoms with van der Waals surface area (Å²) in [5, 5.41) is 18.4. The highest BCUT2D eigenvalue weighted by Gasteiger charge is 2.40. The Morgan fingerprint density at radius 1 is 1.32 bits per heavy atom. The average molecular weight is 421 g/mol. The molecule has 12 nitrogen and oxygen atoms in total. The lowest BCUT2D eigenvalue weighted by Gasteiger charge is -2.17. The fraction of sp³-hybridized carbons (Fsp3) is 0.263. The Labute approximate surface area is 175 Å². The average Bonchev–Trinajstić information content (AvgIpc) is 3.46. The van der Waals surface area contributed by atoms with Crippen LogP contribution in [0.3, 0.4) is 0 Å². The predicted octanol–water partition coefficient (Wildman–Crippen LogP) is 0.491. The van der Waals surface area contributed by atoms with Crippen molar-refractivity contribution in [2.24, 2.45) is 7.05 Å². The van der Waals surface area contributed by atoms with Crippen LogP contribution >= 0.6 is 0 Å². The number of nitrogens with two attached hydrogens (primary N) is 1. The Hall–Kier alpha value is -3.90. The number of fused-ring (bicyclic) bond motifs is 1. The summed E-state index contributed by atoms with van der Waals surface area (Å²) in [4.78, 5) is 29.0. The van der Waals surface area contributed by atoms with Crippen LogP contribution in [0.25, 0.3) is 22.3 Å². The number of nitrogens with one attached hydrogen (secondary N) is 1. The number of aryl methyl sites for hydroxylation is 1. The van der Waals surface area contributed by atoms with E-state index in [1.807, 2.05) is 19.3 Å². The van der Waals surface area contributed by atoms with Gasteiger partial charge in [-0.3, -0.25) is 14.5 Å². The van der Waals surface area contributed by atoms with Gasteiger partial charge in [-0.25, -0.2) is 15.0 Å². The summed E-state index contributed by atoms with van der Waals surface area (Å²) < 4.78 is 9.26. The van der Waals surface area contributed by atoms with Crippen molar-refractivity contribution in [3.05, 3.63) is 43.4 Å². The number of nitrogens with zero attached hydrogens (tertiary/aromatic N) is 7. The van der Waals surface area contributed by atoms with Crippen molar-refractivity contribution in [3.63, 3.8) is 0 Å². The van der Waals surface area contributed by atoms with Gasteiger partial charge in [0, 0.05) is 43.8 Å². The van der Waals surface area contributed by atoms with Crippen LogP contribution in [0.2, 0.25) is 0 Å². The summed E-state index contributed by atoms with van der Waals surface area (Å²) >= 11 is 0. The smallest absolute Gasteiger partial charge is 0.254 e. The molecule has 1 aliphatic heterocycles. The molecule has 3 atom stereocenters. The van der Waals surface area contributed by atoms with Crippen LogP contribution in [0.4, 0.5) is 11.6 Å². The maximum absolute atomic E-state index is 12.6. The van der Waals surface area contributed by atoms with Crippen LogP contribution in [0, 0.1) is 0 Å². The van der Waals surface area contributed by atoms with Gasteiger partial charge in [0.2, 0.25) is 0 Å². The first-order valence-corrected chi connectivity index (χ1v) is 9.52. The number of anilines is 2. The second kappa shape index (κ2) is 7.41. The highest BCUT2D eigenvalue weighted by molar-refractivity contribution is 6.00. The van der Waals surface area contributed by atoms with Gasteiger partial charge in [0.25, 0.3) is 5.91 Å². The molecular formula is C19H19N9O3. The summed E-state index contributed by atoms with van der Waals surface area (Å²) in [6.45, 7) is 0. The van der Waals surface area contributed by atoms with Crippen LogP contribution in [-0.2, 0) is 16.6 Å². The van der Waals surface area contributed by atoms with Gasteiger partial charge in [-0.2, -0.15) is 5.10 Å². The van der Waals surface area contributed by atoms with Gasteiger partial charge in [-0.05, 0) is 6.07 Å². The Balaban J connectivity index is 1.48. The molecule has 4 aromatic rings. The molecule has 0 bridgehead atoms. The van der Waals surface area contributed by atoms with Crippen molar-refractivity contribution in [1.29, 1.82) is 0 Å². The van der Waals surface area contributed by atoms with Crippen molar-refractivity contribution in [3.8, 4) is 11.3 Å². The number of aromatic nitrogens is 7. The minimum atomic E-state index is -0.944. The molecule has 31 heavy (non-hydrogen) atoms. The van der Waals surface area contributed by atoms with Crippen LogP contribution < -0.4 is 11.1 Å².